The number of aromatic nitrogens is 1. The van der Waals surface area contributed by atoms with E-state index in [1.165, 1.54) is 0 Å². The van der Waals surface area contributed by atoms with Crippen molar-refractivity contribution >= 4 is 75.7 Å². The number of para-hydroxylation sites is 1. The quantitative estimate of drug-likeness (QED) is 0.292. The summed E-state index contributed by atoms with van der Waals surface area (Å²) in [4.78, 5) is 68.4. The molecule has 3 N–H and O–H groups in total. The first-order valence-electron chi connectivity index (χ1n) is 14.1. The molecule has 7 rings (SSSR count). The molecule has 0 radical (unpaired) electrons. The Hall–Kier alpha value is -3.32. The average molecular weight is 675 g/mol. The zero-order valence-corrected chi connectivity index (χ0v) is 26.0. The number of carbonyl (C=O) groups is 4. The fraction of sp³-hybridized carbons (Fsp3) is 0.367. The maximum Gasteiger partial charge on any atom is 0.305 e. The number of amides is 3. The van der Waals surface area contributed by atoms with Gasteiger partial charge in [-0.1, -0.05) is 52.7 Å². The normalized spacial score (nSPS) is 28.0. The molecule has 2 aromatic carbocycles. The summed E-state index contributed by atoms with van der Waals surface area (Å²) >= 11 is 14.7. The van der Waals surface area contributed by atoms with Crippen LogP contribution >= 0.6 is 46.3 Å². The van der Waals surface area contributed by atoms with E-state index in [1.807, 2.05) is 18.2 Å². The van der Waals surface area contributed by atoms with E-state index in [2.05, 4.69) is 10.3 Å². The monoisotopic (exact) mass is 673 g/mol. The molecule has 1 saturated heterocycles. The molecule has 2 bridgehead atoms. The van der Waals surface area contributed by atoms with Gasteiger partial charge in [-0.2, -0.15) is 0 Å². The van der Waals surface area contributed by atoms with E-state index in [0.717, 1.165) is 31.7 Å². The van der Waals surface area contributed by atoms with Crippen LogP contribution < -0.4 is 14.9 Å². The lowest BCUT2D eigenvalue weighted by Gasteiger charge is -2.43. The van der Waals surface area contributed by atoms with Gasteiger partial charge in [0.1, 0.15) is 5.75 Å². The Balaban J connectivity index is 1.19. The van der Waals surface area contributed by atoms with Crippen molar-refractivity contribution in [2.75, 3.05) is 18.5 Å². The third kappa shape index (κ3) is 4.83. The number of rotatable bonds is 8. The standard InChI is InChI=1S/C30H25Cl2N3O7S2/c31-16-6-5-12(9-17(16)32)33-19(36)11-42-18-4-2-1-3-13(18)21-22-14-10-15(25(22)43-27-26(21)44-30(41)34-27)24-23(14)28(39)35(29(24)40)8-7-20(37)38/h1-6,9,14-15,21-25H,7-8,10-11H2,(H,33,36)(H,34,41)(H,37,38)/t14?,15?,21-,22?,23?,24?,25?/m1/s1. The smallest absolute Gasteiger partial charge is 0.305 e. The number of aliphatic carboxylic acids is 1. The molecule has 2 saturated carbocycles. The maximum atomic E-state index is 13.6. The number of thioether (sulfide) groups is 1. The number of halogens is 2. The Kier molecular flexibility index (Phi) is 7.51. The predicted molar refractivity (Wildman–Crippen MR) is 164 cm³/mol. The van der Waals surface area contributed by atoms with E-state index in [-0.39, 0.29) is 65.2 Å². The molecule has 10 nitrogen and oxygen atoms in total. The molecular formula is C30H25Cl2N3O7S2. The summed E-state index contributed by atoms with van der Waals surface area (Å²) in [5.74, 6) is -3.17. The number of H-pyrrole nitrogens is 1. The van der Waals surface area contributed by atoms with Gasteiger partial charge in [0.15, 0.2) is 6.61 Å². The minimum Gasteiger partial charge on any atom is -0.483 e. The van der Waals surface area contributed by atoms with Crippen LogP contribution in [0, 0.1) is 29.6 Å². The van der Waals surface area contributed by atoms with Crippen molar-refractivity contribution in [2.45, 2.75) is 29.0 Å². The highest BCUT2D eigenvalue weighted by Crippen LogP contribution is 2.69. The first-order valence-corrected chi connectivity index (χ1v) is 16.5. The topological polar surface area (TPSA) is 146 Å². The number of carboxylic acid groups (broad SMARTS) is 1. The molecule has 6 unspecified atom stereocenters. The van der Waals surface area contributed by atoms with Crippen LogP contribution in [0.4, 0.5) is 5.69 Å². The van der Waals surface area contributed by atoms with Crippen molar-refractivity contribution in [3.63, 3.8) is 0 Å². The molecule has 2 aliphatic heterocycles. The number of likely N-dealkylation sites (tertiary alicyclic amines) is 1. The third-order valence-corrected chi connectivity index (χ3v) is 12.5. The predicted octanol–water partition coefficient (Wildman–Crippen LogP) is 4.71. The molecule has 1 aromatic heterocycles. The SMILES string of the molecule is O=C(O)CCN1C(=O)C2C3CC(C2C1=O)C1C3Sc2[nH]c(=O)sc2[C@@H]1c1ccccc1OCC(=O)Nc1ccc(Cl)c(Cl)c1. The van der Waals surface area contributed by atoms with Gasteiger partial charge in [-0.15, -0.1) is 11.8 Å². The van der Waals surface area contributed by atoms with Gasteiger partial charge in [0, 0.05) is 33.8 Å². The fourth-order valence-corrected chi connectivity index (χ4v) is 10.8. The fourth-order valence-electron chi connectivity index (χ4n) is 7.64. The van der Waals surface area contributed by atoms with Gasteiger partial charge in [0.05, 0.1) is 33.3 Å². The second-order valence-electron chi connectivity index (χ2n) is 11.4. The van der Waals surface area contributed by atoms with E-state index in [1.54, 1.807) is 36.0 Å². The lowest BCUT2D eigenvalue weighted by molar-refractivity contribution is -0.142. The molecule has 0 spiro atoms. The molecule has 228 valence electrons. The van der Waals surface area contributed by atoms with Gasteiger partial charge in [0.2, 0.25) is 11.8 Å². The molecule has 3 fully saturated rings. The number of hydrogen-bond donors (Lipinski definition) is 3. The van der Waals surface area contributed by atoms with E-state index >= 15 is 0 Å². The number of nitrogens with one attached hydrogen (secondary N) is 2. The summed E-state index contributed by atoms with van der Waals surface area (Å²) < 4.78 is 6.08. The van der Waals surface area contributed by atoms with Gasteiger partial charge >= 0.3 is 10.8 Å². The van der Waals surface area contributed by atoms with Crippen LogP contribution in [0.2, 0.25) is 10.0 Å². The van der Waals surface area contributed by atoms with Crippen LogP contribution in [0.25, 0.3) is 0 Å². The number of thiazole rings is 1. The van der Waals surface area contributed by atoms with E-state index in [9.17, 15) is 24.0 Å². The molecule has 2 aliphatic carbocycles. The molecule has 3 aromatic rings. The minimum absolute atomic E-state index is 0.0359. The molecule has 14 heteroatoms. The van der Waals surface area contributed by atoms with Crippen LogP contribution in [-0.2, 0) is 19.2 Å². The zero-order chi connectivity index (χ0) is 30.9. The second kappa shape index (κ2) is 11.2. The van der Waals surface area contributed by atoms with Crippen LogP contribution in [0.15, 0.2) is 52.3 Å². The van der Waals surface area contributed by atoms with Crippen molar-refractivity contribution in [3.05, 3.63) is 72.6 Å². The number of imide groups is 1. The van der Waals surface area contributed by atoms with Crippen LogP contribution in [0.3, 0.4) is 0 Å². The average Bonchev–Trinajstić information content (AvgIpc) is 3.72. The highest BCUT2D eigenvalue weighted by molar-refractivity contribution is 8.00. The van der Waals surface area contributed by atoms with E-state index in [4.69, 9.17) is 33.0 Å². The Morgan fingerprint density at radius 1 is 1.05 bits per heavy atom. The Morgan fingerprint density at radius 3 is 2.55 bits per heavy atom. The first-order chi connectivity index (χ1) is 21.1. The largest absolute Gasteiger partial charge is 0.483 e. The molecule has 3 amide bonds. The van der Waals surface area contributed by atoms with Crippen molar-refractivity contribution < 1.29 is 29.0 Å². The number of hydrogen-bond acceptors (Lipinski definition) is 8. The van der Waals surface area contributed by atoms with Gasteiger partial charge in [0.25, 0.3) is 5.91 Å². The molecule has 3 heterocycles. The van der Waals surface area contributed by atoms with Crippen LogP contribution in [0.5, 0.6) is 5.75 Å². The Labute approximate surface area is 269 Å². The molecule has 4 aliphatic rings. The van der Waals surface area contributed by atoms with Gasteiger partial charge in [-0.3, -0.25) is 28.9 Å². The summed E-state index contributed by atoms with van der Waals surface area (Å²) in [5, 5.41) is 13.3. The summed E-state index contributed by atoms with van der Waals surface area (Å²) in [6, 6.07) is 12.1. The van der Waals surface area contributed by atoms with Gasteiger partial charge in [-0.25, -0.2) is 0 Å². The first kappa shape index (κ1) is 29.4. The van der Waals surface area contributed by atoms with E-state index in [0.29, 0.717) is 27.9 Å². The van der Waals surface area contributed by atoms with E-state index < -0.39 is 23.7 Å². The number of anilines is 1. The number of fused-ring (bicyclic) bond motifs is 9. The number of aromatic amines is 1. The summed E-state index contributed by atoms with van der Waals surface area (Å²) in [6.07, 6.45) is 0.408. The highest BCUT2D eigenvalue weighted by Gasteiger charge is 2.69. The Morgan fingerprint density at radius 2 is 1.80 bits per heavy atom. The summed E-state index contributed by atoms with van der Waals surface area (Å²) in [6.45, 7) is -0.418. The number of carboxylic acids is 1. The number of ether oxygens (including phenoxy) is 1. The lowest BCUT2D eigenvalue weighted by atomic mass is 9.68. The zero-order valence-electron chi connectivity index (χ0n) is 22.8. The number of carbonyl (C=O) groups excluding carboxylic acids is 3. The minimum atomic E-state index is -1.06. The van der Waals surface area contributed by atoms with Gasteiger partial charge < -0.3 is 20.1 Å². The summed E-state index contributed by atoms with van der Waals surface area (Å²) in [5.41, 5.74) is 1.27. The number of benzene rings is 2. The van der Waals surface area contributed by atoms with Crippen molar-refractivity contribution in [2.24, 2.45) is 29.6 Å². The van der Waals surface area contributed by atoms with Crippen molar-refractivity contribution in [1.82, 2.24) is 9.88 Å². The molecule has 44 heavy (non-hydrogen) atoms. The van der Waals surface area contributed by atoms with Crippen LogP contribution in [0.1, 0.15) is 29.2 Å². The molecule has 7 atom stereocenters. The van der Waals surface area contributed by atoms with Crippen LogP contribution in [-0.4, -0.2) is 57.1 Å². The molecular weight excluding hydrogens is 649 g/mol. The van der Waals surface area contributed by atoms with Crippen molar-refractivity contribution in [1.29, 1.82) is 0 Å². The lowest BCUT2D eigenvalue weighted by Crippen LogP contribution is -2.42. The summed E-state index contributed by atoms with van der Waals surface area (Å²) in [7, 11) is 0. The van der Waals surface area contributed by atoms with Gasteiger partial charge in [-0.05, 0) is 48.4 Å². The highest BCUT2D eigenvalue weighted by atomic mass is 35.5. The Bertz CT molecular complexity index is 1780. The second-order valence-corrected chi connectivity index (χ2v) is 14.5. The maximum absolute atomic E-state index is 13.6. The van der Waals surface area contributed by atoms with Crippen molar-refractivity contribution in [3.8, 4) is 5.75 Å². The third-order valence-electron chi connectivity index (χ3n) is 9.18. The number of nitrogens with zero attached hydrogens (tertiary/aromatic N) is 1.